The number of hydrogen-bond donors (Lipinski definition) is 1. The third-order valence-electron chi connectivity index (χ3n) is 5.97. The zero-order valence-electron chi connectivity index (χ0n) is 11.3. The van der Waals surface area contributed by atoms with Gasteiger partial charge in [-0.25, -0.2) is 4.39 Å². The molecule has 19 heavy (non-hydrogen) atoms. The molecule has 1 aromatic carbocycles. The van der Waals surface area contributed by atoms with Gasteiger partial charge in [-0.05, 0) is 85.5 Å². The highest BCUT2D eigenvalue weighted by Crippen LogP contribution is 2.70. The average Bonchev–Trinajstić information content (AvgIpc) is 2.82. The summed E-state index contributed by atoms with van der Waals surface area (Å²) in [6.45, 7) is 1.93. The van der Waals surface area contributed by atoms with Crippen LogP contribution in [0.2, 0.25) is 0 Å². The molecular formula is C17H21FO. The molecule has 102 valence electrons. The van der Waals surface area contributed by atoms with Gasteiger partial charge in [-0.1, -0.05) is 6.07 Å². The highest BCUT2D eigenvalue weighted by molar-refractivity contribution is 5.28. The van der Waals surface area contributed by atoms with E-state index in [2.05, 4.69) is 0 Å². The van der Waals surface area contributed by atoms with E-state index in [1.165, 1.54) is 25.3 Å². The Morgan fingerprint density at radius 1 is 1.26 bits per heavy atom. The molecule has 0 spiro atoms. The van der Waals surface area contributed by atoms with Gasteiger partial charge in [0.05, 0.1) is 6.10 Å². The second kappa shape index (κ2) is 4.05. The SMILES string of the molecule is Cc1cc(F)ccc1CC(O)C1C2C3CCC(C3)C12. The van der Waals surface area contributed by atoms with Crippen molar-refractivity contribution in [2.75, 3.05) is 0 Å². The van der Waals surface area contributed by atoms with Crippen LogP contribution in [-0.2, 0) is 6.42 Å². The van der Waals surface area contributed by atoms with Crippen molar-refractivity contribution in [3.05, 3.63) is 35.1 Å². The third-order valence-corrected chi connectivity index (χ3v) is 5.97. The van der Waals surface area contributed by atoms with Crippen LogP contribution in [-0.4, -0.2) is 11.2 Å². The predicted molar refractivity (Wildman–Crippen MR) is 72.1 cm³/mol. The molecule has 0 radical (unpaired) electrons. The quantitative estimate of drug-likeness (QED) is 0.884. The van der Waals surface area contributed by atoms with Gasteiger partial charge in [-0.15, -0.1) is 0 Å². The first kappa shape index (κ1) is 11.9. The monoisotopic (exact) mass is 260 g/mol. The van der Waals surface area contributed by atoms with Crippen molar-refractivity contribution in [3.63, 3.8) is 0 Å². The molecule has 0 aliphatic heterocycles. The minimum Gasteiger partial charge on any atom is -0.392 e. The van der Waals surface area contributed by atoms with Gasteiger partial charge < -0.3 is 5.11 Å². The van der Waals surface area contributed by atoms with Gasteiger partial charge in [-0.3, -0.25) is 0 Å². The summed E-state index contributed by atoms with van der Waals surface area (Å²) in [5.41, 5.74) is 2.07. The van der Waals surface area contributed by atoms with Crippen LogP contribution in [0.1, 0.15) is 30.4 Å². The Hall–Kier alpha value is -0.890. The molecule has 1 N–H and O–H groups in total. The van der Waals surface area contributed by atoms with Gasteiger partial charge in [0.25, 0.3) is 0 Å². The largest absolute Gasteiger partial charge is 0.392 e. The number of hydrogen-bond acceptors (Lipinski definition) is 1. The Morgan fingerprint density at radius 2 is 1.95 bits per heavy atom. The normalized spacial score (nSPS) is 40.3. The maximum atomic E-state index is 13.1. The molecule has 0 heterocycles. The molecule has 3 aliphatic rings. The summed E-state index contributed by atoms with van der Waals surface area (Å²) < 4.78 is 13.1. The zero-order valence-corrected chi connectivity index (χ0v) is 11.3. The standard InChI is InChI=1S/C17H21FO/c1-9-6-13(18)5-4-10(9)8-14(19)17-15-11-2-3-12(7-11)16(15)17/h4-6,11-12,14-17,19H,2-3,7-8H2,1H3. The molecule has 3 saturated carbocycles. The Labute approximate surface area is 113 Å². The number of aliphatic hydroxyl groups is 1. The Kier molecular flexibility index (Phi) is 2.54. The van der Waals surface area contributed by atoms with E-state index in [9.17, 15) is 9.50 Å². The summed E-state index contributed by atoms with van der Waals surface area (Å²) in [5.74, 6) is 3.80. The lowest BCUT2D eigenvalue weighted by Crippen LogP contribution is -2.19. The van der Waals surface area contributed by atoms with Crippen LogP contribution in [0.25, 0.3) is 0 Å². The lowest BCUT2D eigenvalue weighted by Gasteiger charge is -2.16. The van der Waals surface area contributed by atoms with Crippen LogP contribution in [0.3, 0.4) is 0 Å². The van der Waals surface area contributed by atoms with Crippen LogP contribution in [0.4, 0.5) is 4.39 Å². The molecular weight excluding hydrogens is 239 g/mol. The molecule has 2 bridgehead atoms. The Morgan fingerprint density at radius 3 is 2.58 bits per heavy atom. The van der Waals surface area contributed by atoms with E-state index in [0.717, 1.165) is 34.8 Å². The summed E-state index contributed by atoms with van der Waals surface area (Å²) in [5, 5.41) is 10.5. The van der Waals surface area contributed by atoms with Crippen LogP contribution in [0.5, 0.6) is 0 Å². The highest BCUT2D eigenvalue weighted by atomic mass is 19.1. The number of halogens is 1. The summed E-state index contributed by atoms with van der Waals surface area (Å²) >= 11 is 0. The second-order valence-electron chi connectivity index (χ2n) is 6.91. The van der Waals surface area contributed by atoms with Crippen molar-refractivity contribution in [2.45, 2.75) is 38.7 Å². The van der Waals surface area contributed by atoms with Crippen molar-refractivity contribution >= 4 is 0 Å². The number of benzene rings is 1. The van der Waals surface area contributed by atoms with E-state index in [-0.39, 0.29) is 11.9 Å². The molecule has 3 fully saturated rings. The van der Waals surface area contributed by atoms with Gasteiger partial charge in [0.15, 0.2) is 0 Å². The van der Waals surface area contributed by atoms with Crippen molar-refractivity contribution in [3.8, 4) is 0 Å². The number of rotatable bonds is 3. The van der Waals surface area contributed by atoms with Crippen LogP contribution < -0.4 is 0 Å². The zero-order chi connectivity index (χ0) is 13.1. The summed E-state index contributed by atoms with van der Waals surface area (Å²) in [7, 11) is 0. The molecule has 1 aromatic rings. The number of aryl methyl sites for hydroxylation is 1. The lowest BCUT2D eigenvalue weighted by atomic mass is 9.94. The molecule has 5 unspecified atom stereocenters. The summed E-state index contributed by atoms with van der Waals surface area (Å²) in [6, 6.07) is 4.91. The lowest BCUT2D eigenvalue weighted by molar-refractivity contribution is 0.128. The van der Waals surface area contributed by atoms with E-state index in [4.69, 9.17) is 0 Å². The molecule has 0 saturated heterocycles. The van der Waals surface area contributed by atoms with E-state index in [1.54, 1.807) is 6.07 Å². The van der Waals surface area contributed by atoms with Gasteiger partial charge in [0, 0.05) is 0 Å². The molecule has 5 atom stereocenters. The molecule has 3 aliphatic carbocycles. The summed E-state index contributed by atoms with van der Waals surface area (Å²) in [6.07, 6.45) is 4.69. The van der Waals surface area contributed by atoms with Crippen molar-refractivity contribution < 1.29 is 9.50 Å². The second-order valence-corrected chi connectivity index (χ2v) is 6.91. The van der Waals surface area contributed by atoms with E-state index >= 15 is 0 Å². The fourth-order valence-electron chi connectivity index (χ4n) is 5.16. The van der Waals surface area contributed by atoms with Crippen LogP contribution >= 0.6 is 0 Å². The van der Waals surface area contributed by atoms with Gasteiger partial charge in [0.2, 0.25) is 0 Å². The minimum absolute atomic E-state index is 0.183. The van der Waals surface area contributed by atoms with Crippen LogP contribution in [0, 0.1) is 42.3 Å². The van der Waals surface area contributed by atoms with E-state index in [0.29, 0.717) is 12.3 Å². The predicted octanol–water partition coefficient (Wildman–Crippen LogP) is 3.33. The van der Waals surface area contributed by atoms with Crippen molar-refractivity contribution in [1.82, 2.24) is 0 Å². The average molecular weight is 260 g/mol. The maximum absolute atomic E-state index is 13.1. The van der Waals surface area contributed by atoms with Crippen LogP contribution in [0.15, 0.2) is 18.2 Å². The molecule has 1 nitrogen and oxygen atoms in total. The van der Waals surface area contributed by atoms with Gasteiger partial charge in [0.1, 0.15) is 5.82 Å². The van der Waals surface area contributed by atoms with E-state index < -0.39 is 0 Å². The molecule has 0 aromatic heterocycles. The Bertz CT molecular complexity index is 496. The van der Waals surface area contributed by atoms with Crippen molar-refractivity contribution in [2.24, 2.45) is 29.6 Å². The first-order chi connectivity index (χ1) is 9.15. The molecule has 4 rings (SSSR count). The maximum Gasteiger partial charge on any atom is 0.123 e. The fraction of sp³-hybridized carbons (Fsp3) is 0.647. The van der Waals surface area contributed by atoms with Gasteiger partial charge >= 0.3 is 0 Å². The Balaban J connectivity index is 1.47. The fourth-order valence-corrected chi connectivity index (χ4v) is 5.16. The third kappa shape index (κ3) is 1.76. The highest BCUT2D eigenvalue weighted by Gasteiger charge is 2.66. The minimum atomic E-state index is -0.220. The molecule has 0 amide bonds. The molecule has 2 heteroatoms. The van der Waals surface area contributed by atoms with E-state index in [1.807, 2.05) is 13.0 Å². The van der Waals surface area contributed by atoms with Gasteiger partial charge in [-0.2, -0.15) is 0 Å². The smallest absolute Gasteiger partial charge is 0.123 e. The first-order valence-corrected chi connectivity index (χ1v) is 7.58. The first-order valence-electron chi connectivity index (χ1n) is 7.58. The number of fused-ring (bicyclic) bond motifs is 5. The summed E-state index contributed by atoms with van der Waals surface area (Å²) in [4.78, 5) is 0. The topological polar surface area (TPSA) is 20.2 Å². The van der Waals surface area contributed by atoms with Crippen molar-refractivity contribution in [1.29, 1.82) is 0 Å². The number of aliphatic hydroxyl groups excluding tert-OH is 1.